The molecule has 0 unspecified atom stereocenters. The first-order chi connectivity index (χ1) is 7.33. The van der Waals surface area contributed by atoms with Gasteiger partial charge in [0.2, 0.25) is 0 Å². The lowest BCUT2D eigenvalue weighted by Gasteiger charge is -2.03. The molecule has 2 rings (SSSR count). The Morgan fingerprint density at radius 1 is 1.13 bits per heavy atom. The summed E-state index contributed by atoms with van der Waals surface area (Å²) < 4.78 is 4.78. The van der Waals surface area contributed by atoms with Crippen molar-refractivity contribution in [2.45, 2.75) is 0 Å². The summed E-state index contributed by atoms with van der Waals surface area (Å²) in [4.78, 5) is 11.4. The van der Waals surface area contributed by atoms with Gasteiger partial charge < -0.3 is 4.42 Å². The van der Waals surface area contributed by atoms with Gasteiger partial charge in [0.25, 0.3) is 0 Å². The van der Waals surface area contributed by atoms with Gasteiger partial charge in [-0.2, -0.15) is 0 Å². The van der Waals surface area contributed by atoms with Crippen molar-refractivity contribution in [1.82, 2.24) is 0 Å². The normalized spacial score (nSPS) is 9.87. The highest BCUT2D eigenvalue weighted by Crippen LogP contribution is 2.21. The van der Waals surface area contributed by atoms with E-state index in [1.165, 1.54) is 12.3 Å². The zero-order valence-corrected chi connectivity index (χ0v) is 8.14. The van der Waals surface area contributed by atoms with Gasteiger partial charge in [-0.15, -0.1) is 0 Å². The molecule has 0 spiro atoms. The second-order valence-corrected chi connectivity index (χ2v) is 3.11. The molecule has 0 fully saturated rings. The van der Waals surface area contributed by atoms with Crippen molar-refractivity contribution in [1.29, 1.82) is 0 Å². The van der Waals surface area contributed by atoms with Crippen molar-refractivity contribution in [3.05, 3.63) is 65.2 Å². The smallest absolute Gasteiger partial charge is 0.343 e. The zero-order valence-electron chi connectivity index (χ0n) is 8.14. The average molecular weight is 198 g/mol. The minimum Gasteiger partial charge on any atom is -0.431 e. The van der Waals surface area contributed by atoms with Crippen LogP contribution in [0.4, 0.5) is 0 Å². The highest BCUT2D eigenvalue weighted by Gasteiger charge is 2.06. The monoisotopic (exact) mass is 198 g/mol. The minimum atomic E-state index is -0.355. The van der Waals surface area contributed by atoms with Crippen molar-refractivity contribution < 1.29 is 4.42 Å². The Balaban J connectivity index is 2.69. The van der Waals surface area contributed by atoms with Crippen LogP contribution in [0.2, 0.25) is 0 Å². The molecule has 0 saturated heterocycles. The SMILES string of the molecule is C=Cc1c(-c2ccccc2)ccoc1=O. The van der Waals surface area contributed by atoms with Crippen LogP contribution in [-0.2, 0) is 0 Å². The van der Waals surface area contributed by atoms with Crippen molar-refractivity contribution in [3.8, 4) is 11.1 Å². The van der Waals surface area contributed by atoms with E-state index in [0.717, 1.165) is 11.1 Å². The summed E-state index contributed by atoms with van der Waals surface area (Å²) in [5.74, 6) is 0. The summed E-state index contributed by atoms with van der Waals surface area (Å²) in [6, 6.07) is 11.5. The summed E-state index contributed by atoms with van der Waals surface area (Å²) in [7, 11) is 0. The van der Waals surface area contributed by atoms with E-state index in [9.17, 15) is 4.79 Å². The third-order valence-electron chi connectivity index (χ3n) is 2.21. The lowest BCUT2D eigenvalue weighted by Crippen LogP contribution is -2.03. The summed E-state index contributed by atoms with van der Waals surface area (Å²) >= 11 is 0. The van der Waals surface area contributed by atoms with Crippen LogP contribution >= 0.6 is 0 Å². The molecule has 0 saturated carbocycles. The molecule has 0 aliphatic rings. The van der Waals surface area contributed by atoms with Gasteiger partial charge in [0.05, 0.1) is 11.8 Å². The molecule has 1 aromatic carbocycles. The van der Waals surface area contributed by atoms with Crippen LogP contribution in [0.5, 0.6) is 0 Å². The third-order valence-corrected chi connectivity index (χ3v) is 2.21. The first kappa shape index (κ1) is 9.46. The summed E-state index contributed by atoms with van der Waals surface area (Å²) in [6.45, 7) is 3.62. The lowest BCUT2D eigenvalue weighted by molar-refractivity contribution is 0.510. The molecule has 0 N–H and O–H groups in total. The summed E-state index contributed by atoms with van der Waals surface area (Å²) in [6.07, 6.45) is 2.92. The molecule has 0 bridgehead atoms. The van der Waals surface area contributed by atoms with E-state index >= 15 is 0 Å². The Hall–Kier alpha value is -2.09. The van der Waals surface area contributed by atoms with E-state index in [-0.39, 0.29) is 5.63 Å². The summed E-state index contributed by atoms with van der Waals surface area (Å²) in [5, 5.41) is 0. The quantitative estimate of drug-likeness (QED) is 0.742. The van der Waals surface area contributed by atoms with Crippen LogP contribution in [0.1, 0.15) is 5.56 Å². The Morgan fingerprint density at radius 3 is 2.53 bits per heavy atom. The Morgan fingerprint density at radius 2 is 1.87 bits per heavy atom. The van der Waals surface area contributed by atoms with Gasteiger partial charge in [-0.3, -0.25) is 0 Å². The van der Waals surface area contributed by atoms with Gasteiger partial charge in [0, 0.05) is 0 Å². The second kappa shape index (κ2) is 3.96. The summed E-state index contributed by atoms with van der Waals surface area (Å²) in [5.41, 5.74) is 1.98. The molecule has 2 heteroatoms. The van der Waals surface area contributed by atoms with Crippen LogP contribution in [-0.4, -0.2) is 0 Å². The topological polar surface area (TPSA) is 30.2 Å². The van der Waals surface area contributed by atoms with Gasteiger partial charge in [-0.25, -0.2) is 4.79 Å². The molecule has 0 amide bonds. The molecule has 0 aliphatic heterocycles. The van der Waals surface area contributed by atoms with E-state index in [1.807, 2.05) is 30.3 Å². The fourth-order valence-electron chi connectivity index (χ4n) is 1.49. The molecule has 2 aromatic rings. The number of hydrogen-bond acceptors (Lipinski definition) is 2. The molecule has 0 atom stereocenters. The fourth-order valence-corrected chi connectivity index (χ4v) is 1.49. The van der Waals surface area contributed by atoms with Gasteiger partial charge in [-0.05, 0) is 17.2 Å². The first-order valence-corrected chi connectivity index (χ1v) is 4.62. The van der Waals surface area contributed by atoms with Gasteiger partial charge in [0.15, 0.2) is 0 Å². The molecule has 74 valence electrons. The predicted molar refractivity (Wildman–Crippen MR) is 60.5 cm³/mol. The highest BCUT2D eigenvalue weighted by atomic mass is 16.4. The Kier molecular flexibility index (Phi) is 2.50. The zero-order chi connectivity index (χ0) is 10.7. The maximum atomic E-state index is 11.4. The molecule has 0 aliphatic carbocycles. The average Bonchev–Trinajstić information content (AvgIpc) is 2.30. The molecule has 1 heterocycles. The number of benzene rings is 1. The Bertz CT molecular complexity index is 524. The van der Waals surface area contributed by atoms with E-state index in [4.69, 9.17) is 4.42 Å². The first-order valence-electron chi connectivity index (χ1n) is 4.62. The predicted octanol–water partition coefficient (Wildman–Crippen LogP) is 2.95. The molecule has 2 nitrogen and oxygen atoms in total. The van der Waals surface area contributed by atoms with E-state index in [2.05, 4.69) is 6.58 Å². The molecule has 0 radical (unpaired) electrons. The molecular formula is C13H10O2. The lowest BCUT2D eigenvalue weighted by atomic mass is 10.0. The third kappa shape index (κ3) is 1.74. The van der Waals surface area contributed by atoms with Crippen LogP contribution in [0, 0.1) is 0 Å². The van der Waals surface area contributed by atoms with E-state index < -0.39 is 0 Å². The number of hydrogen-bond donors (Lipinski definition) is 0. The highest BCUT2D eigenvalue weighted by molar-refractivity contribution is 5.73. The molecular weight excluding hydrogens is 188 g/mol. The Labute approximate surface area is 87.5 Å². The van der Waals surface area contributed by atoms with Gasteiger partial charge >= 0.3 is 5.63 Å². The van der Waals surface area contributed by atoms with Gasteiger partial charge in [-0.1, -0.05) is 43.0 Å². The second-order valence-electron chi connectivity index (χ2n) is 3.11. The van der Waals surface area contributed by atoms with Crippen molar-refractivity contribution >= 4 is 6.08 Å². The largest absolute Gasteiger partial charge is 0.431 e. The van der Waals surface area contributed by atoms with E-state index in [1.54, 1.807) is 6.07 Å². The fraction of sp³-hybridized carbons (Fsp3) is 0. The van der Waals surface area contributed by atoms with Crippen molar-refractivity contribution in [2.75, 3.05) is 0 Å². The maximum absolute atomic E-state index is 11.4. The van der Waals surface area contributed by atoms with Crippen LogP contribution in [0.25, 0.3) is 17.2 Å². The molecule has 1 aromatic heterocycles. The van der Waals surface area contributed by atoms with Crippen molar-refractivity contribution in [2.24, 2.45) is 0 Å². The standard InChI is InChI=1S/C13H10O2/c1-2-11-12(8-9-15-13(11)14)10-6-4-3-5-7-10/h2-9H,1H2. The van der Waals surface area contributed by atoms with Crippen LogP contribution < -0.4 is 5.63 Å². The van der Waals surface area contributed by atoms with Gasteiger partial charge in [0.1, 0.15) is 0 Å². The molecule has 15 heavy (non-hydrogen) atoms. The van der Waals surface area contributed by atoms with E-state index in [0.29, 0.717) is 5.56 Å². The van der Waals surface area contributed by atoms with Crippen molar-refractivity contribution in [3.63, 3.8) is 0 Å². The van der Waals surface area contributed by atoms with Crippen LogP contribution in [0.3, 0.4) is 0 Å². The number of rotatable bonds is 2. The maximum Gasteiger partial charge on any atom is 0.343 e. The van der Waals surface area contributed by atoms with Crippen LogP contribution in [0.15, 0.2) is 58.5 Å². The minimum absolute atomic E-state index is 0.355.